The first-order chi connectivity index (χ1) is 20.3. The summed E-state index contributed by atoms with van der Waals surface area (Å²) in [7, 11) is -1.87. The molecule has 10 nitrogen and oxygen atoms in total. The number of carbonyl (C=O) groups excluding carboxylic acids is 1. The molecule has 2 aliphatic heterocycles. The van der Waals surface area contributed by atoms with E-state index in [1.165, 1.54) is 30.3 Å². The number of benzene rings is 3. The highest BCUT2D eigenvalue weighted by atomic mass is 32.2. The summed E-state index contributed by atoms with van der Waals surface area (Å²) >= 11 is 0. The van der Waals surface area contributed by atoms with Crippen LogP contribution in [0.15, 0.2) is 70.5 Å². The van der Waals surface area contributed by atoms with Crippen LogP contribution in [0.25, 0.3) is 10.9 Å². The zero-order valence-corrected chi connectivity index (χ0v) is 24.2. The lowest BCUT2D eigenvalue weighted by Crippen LogP contribution is -2.44. The number of halogens is 1. The third-order valence-electron chi connectivity index (χ3n) is 8.00. The van der Waals surface area contributed by atoms with Gasteiger partial charge >= 0.3 is 0 Å². The number of hydrogen-bond acceptors (Lipinski definition) is 8. The molecule has 2 aliphatic rings. The van der Waals surface area contributed by atoms with Crippen LogP contribution in [0, 0.1) is 5.82 Å². The molecule has 0 aliphatic carbocycles. The quantitative estimate of drug-likeness (QED) is 0.245. The number of aromatic nitrogens is 2. The average Bonchev–Trinajstić information content (AvgIpc) is 3.66. The highest BCUT2D eigenvalue weighted by Crippen LogP contribution is 2.30. The molecule has 12 heteroatoms. The summed E-state index contributed by atoms with van der Waals surface area (Å²) in [4.78, 5) is 18.1. The Kier molecular flexibility index (Phi) is 7.84. The van der Waals surface area contributed by atoms with Gasteiger partial charge in [0.05, 0.1) is 20.9 Å². The number of sulfone groups is 1. The van der Waals surface area contributed by atoms with E-state index in [9.17, 15) is 17.6 Å². The second kappa shape index (κ2) is 11.7. The zero-order chi connectivity index (χ0) is 29.3. The number of nitrogens with one attached hydrogen (secondary N) is 4. The van der Waals surface area contributed by atoms with Crippen LogP contribution in [0.2, 0.25) is 0 Å². The van der Waals surface area contributed by atoms with Gasteiger partial charge in [0.25, 0.3) is 5.91 Å². The van der Waals surface area contributed by atoms with Crippen molar-refractivity contribution >= 4 is 43.8 Å². The maximum absolute atomic E-state index is 13.8. The third-order valence-corrected chi connectivity index (χ3v) is 9.75. The number of likely N-dealkylation sites (N-methyl/N-ethyl adjacent to an activating group) is 1. The molecule has 0 radical (unpaired) electrons. The predicted molar refractivity (Wildman–Crippen MR) is 162 cm³/mol. The largest absolute Gasteiger partial charge is 0.383 e. The summed E-state index contributed by atoms with van der Waals surface area (Å²) in [6.07, 6.45) is 2.21. The number of nitrogens with zero attached hydrogens (tertiary/aromatic N) is 3. The number of rotatable bonds is 8. The normalized spacial score (nSPS) is 18.0. The summed E-state index contributed by atoms with van der Waals surface area (Å²) in [5.41, 5.74) is 2.80. The van der Waals surface area contributed by atoms with E-state index >= 15 is 0 Å². The number of hydrogen-bond donors (Lipinski definition) is 4. The molecule has 1 unspecified atom stereocenters. The molecule has 0 saturated carbocycles. The summed E-state index contributed by atoms with van der Waals surface area (Å²) in [6, 6.07) is 15.5. The van der Waals surface area contributed by atoms with Gasteiger partial charge in [-0.3, -0.25) is 9.89 Å². The van der Waals surface area contributed by atoms with Crippen LogP contribution in [0.4, 0.5) is 21.6 Å². The second-order valence-electron chi connectivity index (χ2n) is 10.9. The molecule has 3 heterocycles. The van der Waals surface area contributed by atoms with Crippen LogP contribution in [0.3, 0.4) is 0 Å². The number of amides is 1. The van der Waals surface area contributed by atoms with Gasteiger partial charge in [0.2, 0.25) is 9.84 Å². The van der Waals surface area contributed by atoms with Gasteiger partial charge < -0.3 is 25.8 Å². The average molecular weight is 592 g/mol. The lowest BCUT2D eigenvalue weighted by Gasteiger charge is -2.34. The lowest BCUT2D eigenvalue weighted by molar-refractivity contribution is 0.102. The number of fused-ring (bicyclic) bond motifs is 1. The fourth-order valence-electron chi connectivity index (χ4n) is 5.50. The van der Waals surface area contributed by atoms with E-state index in [-0.39, 0.29) is 21.5 Å². The summed E-state index contributed by atoms with van der Waals surface area (Å²) in [6.45, 7) is 5.45. The topological polar surface area (TPSA) is 122 Å². The minimum absolute atomic E-state index is 0.0274. The molecule has 0 spiro atoms. The molecule has 2 fully saturated rings. The molecule has 4 aromatic rings. The van der Waals surface area contributed by atoms with Gasteiger partial charge in [-0.05, 0) is 81.0 Å². The zero-order valence-electron chi connectivity index (χ0n) is 23.4. The van der Waals surface area contributed by atoms with Crippen molar-refractivity contribution in [3.05, 3.63) is 72.0 Å². The molecule has 1 amide bonds. The van der Waals surface area contributed by atoms with Crippen molar-refractivity contribution in [1.82, 2.24) is 20.4 Å². The summed E-state index contributed by atoms with van der Waals surface area (Å²) < 4.78 is 40.2. The monoisotopic (exact) mass is 591 g/mol. The summed E-state index contributed by atoms with van der Waals surface area (Å²) in [5.74, 6) is -0.799. The number of aromatic amines is 1. The van der Waals surface area contributed by atoms with Crippen molar-refractivity contribution in [2.24, 2.45) is 0 Å². The molecule has 1 aromatic heterocycles. The van der Waals surface area contributed by atoms with E-state index in [1.807, 2.05) is 18.2 Å². The van der Waals surface area contributed by atoms with Crippen molar-refractivity contribution in [3.8, 4) is 0 Å². The van der Waals surface area contributed by atoms with Crippen LogP contribution < -0.4 is 20.9 Å². The van der Waals surface area contributed by atoms with E-state index in [2.05, 4.69) is 43.0 Å². The Bertz CT molecular complexity index is 1710. The van der Waals surface area contributed by atoms with Crippen LogP contribution in [-0.4, -0.2) is 81.8 Å². The first-order valence-corrected chi connectivity index (χ1v) is 15.6. The maximum atomic E-state index is 13.8. The molecular weight excluding hydrogens is 557 g/mol. The van der Waals surface area contributed by atoms with Crippen molar-refractivity contribution in [2.45, 2.75) is 28.7 Å². The van der Waals surface area contributed by atoms with E-state index in [0.29, 0.717) is 29.1 Å². The number of carbonyl (C=O) groups is 1. The van der Waals surface area contributed by atoms with Crippen molar-refractivity contribution in [1.29, 1.82) is 0 Å². The Morgan fingerprint density at radius 3 is 2.62 bits per heavy atom. The number of piperazine rings is 1. The molecule has 2 saturated heterocycles. The van der Waals surface area contributed by atoms with Crippen LogP contribution in [0.5, 0.6) is 0 Å². The van der Waals surface area contributed by atoms with Gasteiger partial charge in [-0.15, -0.1) is 0 Å². The Morgan fingerprint density at radius 1 is 1.05 bits per heavy atom. The number of H-pyrrole nitrogens is 1. The molecule has 4 N–H and O–H groups in total. The van der Waals surface area contributed by atoms with E-state index < -0.39 is 15.7 Å². The number of anilines is 3. The van der Waals surface area contributed by atoms with Crippen molar-refractivity contribution in [2.75, 3.05) is 61.8 Å². The van der Waals surface area contributed by atoms with Crippen molar-refractivity contribution < 1.29 is 17.6 Å². The highest BCUT2D eigenvalue weighted by molar-refractivity contribution is 7.91. The lowest BCUT2D eigenvalue weighted by atomic mass is 10.1. The maximum Gasteiger partial charge on any atom is 0.258 e. The fourth-order valence-corrected chi connectivity index (χ4v) is 6.82. The van der Waals surface area contributed by atoms with E-state index in [0.717, 1.165) is 63.0 Å². The van der Waals surface area contributed by atoms with Gasteiger partial charge in [-0.2, -0.15) is 5.10 Å². The Morgan fingerprint density at radius 2 is 1.86 bits per heavy atom. The molecular formula is C30H34FN7O3S. The van der Waals surface area contributed by atoms with Gasteiger partial charge in [0.15, 0.2) is 5.82 Å². The highest BCUT2D eigenvalue weighted by Gasteiger charge is 2.23. The molecule has 3 aromatic carbocycles. The molecule has 0 bridgehead atoms. The first-order valence-electron chi connectivity index (χ1n) is 14.1. The minimum atomic E-state index is -3.99. The van der Waals surface area contributed by atoms with Crippen LogP contribution in [0.1, 0.15) is 23.2 Å². The smallest absolute Gasteiger partial charge is 0.258 e. The minimum Gasteiger partial charge on any atom is -0.383 e. The van der Waals surface area contributed by atoms with Crippen LogP contribution in [-0.2, 0) is 9.84 Å². The van der Waals surface area contributed by atoms with Gasteiger partial charge in [-0.1, -0.05) is 6.07 Å². The van der Waals surface area contributed by atoms with E-state index in [1.54, 1.807) is 6.07 Å². The third kappa shape index (κ3) is 5.83. The SMILES string of the molecule is CN1CCN(c2ccc(C(=O)Nc3n[nH]c4ccc(S(=O)(=O)c5cccc(F)c5)cc34)c(NCC3CCCN3)c2)CC1. The van der Waals surface area contributed by atoms with E-state index in [4.69, 9.17) is 0 Å². The second-order valence-corrected chi connectivity index (χ2v) is 12.8. The van der Waals surface area contributed by atoms with Gasteiger partial charge in [0.1, 0.15) is 5.82 Å². The molecule has 220 valence electrons. The van der Waals surface area contributed by atoms with Crippen molar-refractivity contribution in [3.63, 3.8) is 0 Å². The summed E-state index contributed by atoms with van der Waals surface area (Å²) in [5, 5.41) is 17.4. The predicted octanol–water partition coefficient (Wildman–Crippen LogP) is 3.70. The van der Waals surface area contributed by atoms with Gasteiger partial charge in [0, 0.05) is 55.5 Å². The fraction of sp³-hybridized carbons (Fsp3) is 0.333. The Labute approximate surface area is 244 Å². The Balaban J connectivity index is 1.28. The molecule has 1 atom stereocenters. The van der Waals surface area contributed by atoms with Gasteiger partial charge in [-0.25, -0.2) is 12.8 Å². The molecule has 6 rings (SSSR count). The standard InChI is InChI=1S/C30H34FN7O3S/c1-37-12-14-38(15-13-37)22-7-9-25(28(17-22)33-19-21-5-3-11-32-21)30(39)34-29-26-18-24(8-10-27(26)35-36-29)42(40,41)23-6-2-4-20(31)16-23/h2,4,6-10,16-18,21,32-33H,3,5,11-15,19H2,1H3,(H2,34,35,36,39). The Hall–Kier alpha value is -4.00. The van der Waals surface area contributed by atoms with Crippen LogP contribution >= 0.6 is 0 Å². The molecule has 42 heavy (non-hydrogen) atoms. The first kappa shape index (κ1) is 28.1.